The minimum Gasteiger partial charge on any atom is -0.382 e. The largest absolute Gasteiger partial charge is 0.382 e. The molecular weight excluding hydrogens is 186 g/mol. The lowest BCUT2D eigenvalue weighted by atomic mass is 10.0. The van der Waals surface area contributed by atoms with Gasteiger partial charge in [0.15, 0.2) is 5.69 Å². The molecule has 0 aliphatic carbocycles. The number of nitrogens with one attached hydrogen (secondary N) is 1. The summed E-state index contributed by atoms with van der Waals surface area (Å²) < 4.78 is 0. The minimum absolute atomic E-state index is 0.475. The Bertz CT molecular complexity index is 337. The number of anilines is 1. The van der Waals surface area contributed by atoms with E-state index < -0.39 is 0 Å². The number of aromatic nitrogens is 1. The van der Waals surface area contributed by atoms with Gasteiger partial charge in [-0.1, -0.05) is 26.7 Å². The second-order valence-corrected chi connectivity index (χ2v) is 3.57. The van der Waals surface area contributed by atoms with Crippen molar-refractivity contribution in [3.8, 4) is 6.07 Å². The highest BCUT2D eigenvalue weighted by Crippen LogP contribution is 2.13. The molecule has 0 saturated carbocycles. The van der Waals surface area contributed by atoms with Gasteiger partial charge in [-0.15, -0.1) is 0 Å². The summed E-state index contributed by atoms with van der Waals surface area (Å²) in [6.45, 7) is 5.28. The van der Waals surface area contributed by atoms with Crippen molar-refractivity contribution in [3.63, 3.8) is 0 Å². The van der Waals surface area contributed by atoms with E-state index in [0.717, 1.165) is 25.1 Å². The minimum atomic E-state index is 0.475. The summed E-state index contributed by atoms with van der Waals surface area (Å²) in [7, 11) is 0. The molecule has 0 aliphatic rings. The van der Waals surface area contributed by atoms with Crippen LogP contribution in [0.2, 0.25) is 0 Å². The first-order valence-corrected chi connectivity index (χ1v) is 5.40. The van der Waals surface area contributed by atoms with Crippen molar-refractivity contribution in [3.05, 3.63) is 24.0 Å². The van der Waals surface area contributed by atoms with E-state index in [1.807, 2.05) is 12.1 Å². The number of hydrogen-bond donors (Lipinski definition) is 1. The monoisotopic (exact) mass is 203 g/mol. The highest BCUT2D eigenvalue weighted by atomic mass is 14.9. The van der Waals surface area contributed by atoms with E-state index >= 15 is 0 Å². The quantitative estimate of drug-likeness (QED) is 0.800. The van der Waals surface area contributed by atoms with E-state index in [-0.39, 0.29) is 0 Å². The third-order valence-electron chi connectivity index (χ3n) is 2.65. The van der Waals surface area contributed by atoms with Crippen LogP contribution in [0.25, 0.3) is 0 Å². The Balaban J connectivity index is 2.61. The van der Waals surface area contributed by atoms with Crippen molar-refractivity contribution < 1.29 is 0 Å². The Kier molecular flexibility index (Phi) is 4.62. The van der Waals surface area contributed by atoms with Gasteiger partial charge in [0.25, 0.3) is 0 Å². The van der Waals surface area contributed by atoms with E-state index in [1.54, 1.807) is 6.20 Å². The van der Waals surface area contributed by atoms with Gasteiger partial charge in [-0.25, -0.2) is 4.98 Å². The summed E-state index contributed by atoms with van der Waals surface area (Å²) in [6.07, 6.45) is 3.96. The second-order valence-electron chi connectivity index (χ2n) is 3.57. The molecule has 0 saturated heterocycles. The maximum atomic E-state index is 8.85. The zero-order valence-electron chi connectivity index (χ0n) is 9.33. The van der Waals surface area contributed by atoms with Gasteiger partial charge in [0.2, 0.25) is 0 Å². The number of pyridine rings is 1. The van der Waals surface area contributed by atoms with Crippen molar-refractivity contribution in [1.29, 1.82) is 5.26 Å². The van der Waals surface area contributed by atoms with Crippen LogP contribution in [0.4, 0.5) is 5.69 Å². The number of nitrogens with zero attached hydrogens (tertiary/aromatic N) is 2. The van der Waals surface area contributed by atoms with Crippen LogP contribution in [-0.2, 0) is 0 Å². The maximum Gasteiger partial charge on any atom is 0.163 e. The predicted molar refractivity (Wildman–Crippen MR) is 61.5 cm³/mol. The third-order valence-corrected chi connectivity index (χ3v) is 2.65. The first kappa shape index (κ1) is 11.5. The van der Waals surface area contributed by atoms with Crippen LogP contribution in [0, 0.1) is 17.2 Å². The van der Waals surface area contributed by atoms with Crippen molar-refractivity contribution in [2.24, 2.45) is 5.92 Å². The fraction of sp³-hybridized carbons (Fsp3) is 0.500. The summed E-state index contributed by atoms with van der Waals surface area (Å²) in [5.74, 6) is 0.664. The van der Waals surface area contributed by atoms with Crippen LogP contribution in [-0.4, -0.2) is 11.5 Å². The molecule has 0 aliphatic heterocycles. The molecule has 80 valence electrons. The lowest BCUT2D eigenvalue weighted by Gasteiger charge is -2.14. The third kappa shape index (κ3) is 3.25. The topological polar surface area (TPSA) is 48.7 Å². The van der Waals surface area contributed by atoms with Crippen LogP contribution in [0.5, 0.6) is 0 Å². The molecule has 0 unspecified atom stereocenters. The Morgan fingerprint density at radius 1 is 1.47 bits per heavy atom. The van der Waals surface area contributed by atoms with E-state index in [0.29, 0.717) is 11.6 Å². The summed E-state index contributed by atoms with van der Waals surface area (Å²) in [5.41, 5.74) is 1.32. The molecule has 1 rings (SSSR count). The van der Waals surface area contributed by atoms with Gasteiger partial charge in [0.1, 0.15) is 6.07 Å². The van der Waals surface area contributed by atoms with Gasteiger partial charge in [-0.05, 0) is 18.1 Å². The molecule has 1 heterocycles. The van der Waals surface area contributed by atoms with Gasteiger partial charge < -0.3 is 5.32 Å². The van der Waals surface area contributed by atoms with E-state index in [2.05, 4.69) is 30.2 Å². The molecule has 1 N–H and O–H groups in total. The normalized spacial score (nSPS) is 10.0. The molecule has 1 aromatic heterocycles. The molecule has 1 aromatic rings. The molecule has 3 nitrogen and oxygen atoms in total. The lowest BCUT2D eigenvalue weighted by Crippen LogP contribution is -2.13. The lowest BCUT2D eigenvalue weighted by molar-refractivity contribution is 0.519. The van der Waals surface area contributed by atoms with Gasteiger partial charge in [-0.3, -0.25) is 0 Å². The first-order chi connectivity index (χ1) is 7.31. The van der Waals surface area contributed by atoms with E-state index in [1.165, 1.54) is 0 Å². The zero-order chi connectivity index (χ0) is 11.1. The fourth-order valence-corrected chi connectivity index (χ4v) is 1.47. The molecule has 0 fully saturated rings. The first-order valence-electron chi connectivity index (χ1n) is 5.40. The Morgan fingerprint density at radius 2 is 2.20 bits per heavy atom. The van der Waals surface area contributed by atoms with Crippen LogP contribution in [0.15, 0.2) is 18.3 Å². The molecule has 0 aromatic carbocycles. The smallest absolute Gasteiger partial charge is 0.163 e. The van der Waals surface area contributed by atoms with Crippen LogP contribution in [0.3, 0.4) is 0 Å². The molecule has 0 amide bonds. The summed E-state index contributed by atoms with van der Waals surface area (Å²) in [4.78, 5) is 4.00. The molecule has 0 spiro atoms. The predicted octanol–water partition coefficient (Wildman–Crippen LogP) is 2.80. The highest BCUT2D eigenvalue weighted by molar-refractivity contribution is 5.53. The summed E-state index contributed by atoms with van der Waals surface area (Å²) in [6, 6.07) is 5.82. The van der Waals surface area contributed by atoms with Gasteiger partial charge in [-0.2, -0.15) is 5.26 Å². The second kappa shape index (κ2) is 6.02. The van der Waals surface area contributed by atoms with Crippen LogP contribution in [0.1, 0.15) is 32.4 Å². The Hall–Kier alpha value is -1.56. The number of rotatable bonds is 5. The molecule has 0 radical (unpaired) electrons. The van der Waals surface area contributed by atoms with E-state index in [9.17, 15) is 0 Å². The van der Waals surface area contributed by atoms with E-state index in [4.69, 9.17) is 5.26 Å². The SMILES string of the molecule is CCC(CC)CNc1cccnc1C#N. The average molecular weight is 203 g/mol. The van der Waals surface area contributed by atoms with Gasteiger partial charge >= 0.3 is 0 Å². The fourth-order valence-electron chi connectivity index (χ4n) is 1.47. The van der Waals surface area contributed by atoms with Gasteiger partial charge in [0.05, 0.1) is 5.69 Å². The molecule has 3 heteroatoms. The maximum absolute atomic E-state index is 8.85. The van der Waals surface area contributed by atoms with Gasteiger partial charge in [0, 0.05) is 12.7 Å². The van der Waals surface area contributed by atoms with Crippen molar-refractivity contribution >= 4 is 5.69 Å². The van der Waals surface area contributed by atoms with Crippen LogP contribution >= 0.6 is 0 Å². The molecule has 15 heavy (non-hydrogen) atoms. The number of hydrogen-bond acceptors (Lipinski definition) is 3. The standard InChI is InChI=1S/C12H17N3/c1-3-10(4-2)9-15-11-6-5-7-14-12(11)8-13/h5-7,10,15H,3-4,9H2,1-2H3. The van der Waals surface area contributed by atoms with Crippen molar-refractivity contribution in [2.45, 2.75) is 26.7 Å². The summed E-state index contributed by atoms with van der Waals surface area (Å²) >= 11 is 0. The number of nitriles is 1. The van der Waals surface area contributed by atoms with Crippen molar-refractivity contribution in [2.75, 3.05) is 11.9 Å². The summed E-state index contributed by atoms with van der Waals surface area (Å²) in [5, 5.41) is 12.1. The molecular formula is C12H17N3. The van der Waals surface area contributed by atoms with Crippen molar-refractivity contribution in [1.82, 2.24) is 4.98 Å². The molecule has 0 atom stereocenters. The Labute approximate surface area is 91.1 Å². The zero-order valence-corrected chi connectivity index (χ0v) is 9.33. The highest BCUT2D eigenvalue weighted by Gasteiger charge is 2.05. The van der Waals surface area contributed by atoms with Crippen LogP contribution < -0.4 is 5.32 Å². The average Bonchev–Trinajstić information content (AvgIpc) is 2.31. The molecule has 0 bridgehead atoms. The Morgan fingerprint density at radius 3 is 2.80 bits per heavy atom.